The zero-order valence-electron chi connectivity index (χ0n) is 9.96. The van der Waals surface area contributed by atoms with Crippen LogP contribution in [-0.2, 0) is 10.6 Å². The Kier molecular flexibility index (Phi) is 4.71. The van der Waals surface area contributed by atoms with Gasteiger partial charge in [0.25, 0.3) is 0 Å². The third-order valence-electron chi connectivity index (χ3n) is 3.28. The zero-order valence-corrected chi connectivity index (χ0v) is 12.3. The molecule has 1 aromatic rings. The van der Waals surface area contributed by atoms with Gasteiger partial charge in [-0.15, -0.1) is 11.6 Å². The molecule has 4 heteroatoms. The maximum Gasteiger partial charge on any atom is 0.0510 e. The maximum absolute atomic E-state index is 5.83. The molecule has 0 spiro atoms. The molecular formula is C13H17BrClNO. The summed E-state index contributed by atoms with van der Waals surface area (Å²) in [7, 11) is 2.15. The van der Waals surface area contributed by atoms with Crippen molar-refractivity contribution >= 4 is 33.2 Å². The molecule has 17 heavy (non-hydrogen) atoms. The molecule has 0 aromatic heterocycles. The van der Waals surface area contributed by atoms with E-state index in [1.54, 1.807) is 0 Å². The van der Waals surface area contributed by atoms with Crippen molar-refractivity contribution in [3.05, 3.63) is 28.2 Å². The van der Waals surface area contributed by atoms with Crippen molar-refractivity contribution in [2.24, 2.45) is 0 Å². The number of hydrogen-bond donors (Lipinski definition) is 0. The van der Waals surface area contributed by atoms with Gasteiger partial charge in [0.05, 0.1) is 5.69 Å². The third kappa shape index (κ3) is 3.15. The fraction of sp³-hybridized carbons (Fsp3) is 0.538. The van der Waals surface area contributed by atoms with Gasteiger partial charge in [0, 0.05) is 36.7 Å². The van der Waals surface area contributed by atoms with Crippen molar-refractivity contribution in [3.8, 4) is 0 Å². The van der Waals surface area contributed by atoms with E-state index in [1.165, 1.54) is 5.69 Å². The highest BCUT2D eigenvalue weighted by Gasteiger charge is 2.20. The van der Waals surface area contributed by atoms with Gasteiger partial charge >= 0.3 is 0 Å². The van der Waals surface area contributed by atoms with Crippen molar-refractivity contribution in [1.82, 2.24) is 0 Å². The van der Waals surface area contributed by atoms with E-state index in [0.717, 1.165) is 36.1 Å². The van der Waals surface area contributed by atoms with Crippen LogP contribution in [0.3, 0.4) is 0 Å². The topological polar surface area (TPSA) is 12.5 Å². The Bertz CT molecular complexity index is 380. The van der Waals surface area contributed by atoms with Crippen molar-refractivity contribution in [2.75, 3.05) is 25.2 Å². The van der Waals surface area contributed by atoms with Gasteiger partial charge < -0.3 is 9.64 Å². The summed E-state index contributed by atoms with van der Waals surface area (Å²) in [5.41, 5.74) is 2.37. The van der Waals surface area contributed by atoms with E-state index in [-0.39, 0.29) is 0 Å². The monoisotopic (exact) mass is 317 g/mol. The highest BCUT2D eigenvalue weighted by molar-refractivity contribution is 9.10. The summed E-state index contributed by atoms with van der Waals surface area (Å²) in [5, 5.41) is 0. The average Bonchev–Trinajstić information content (AvgIpc) is 2.39. The van der Waals surface area contributed by atoms with Gasteiger partial charge in [-0.3, -0.25) is 0 Å². The van der Waals surface area contributed by atoms with Crippen molar-refractivity contribution in [1.29, 1.82) is 0 Å². The largest absolute Gasteiger partial charge is 0.381 e. The molecule has 2 nitrogen and oxygen atoms in total. The highest BCUT2D eigenvalue weighted by Crippen LogP contribution is 2.30. The Hall–Kier alpha value is -0.250. The molecule has 0 N–H and O–H groups in total. The number of alkyl halides is 1. The molecule has 0 radical (unpaired) electrons. The Balaban J connectivity index is 2.15. The summed E-state index contributed by atoms with van der Waals surface area (Å²) < 4.78 is 6.51. The van der Waals surface area contributed by atoms with Crippen LogP contribution in [0.1, 0.15) is 18.4 Å². The summed E-state index contributed by atoms with van der Waals surface area (Å²) in [4.78, 5) is 2.34. The van der Waals surface area contributed by atoms with E-state index in [2.05, 4.69) is 46.1 Å². The van der Waals surface area contributed by atoms with Crippen LogP contribution in [0.4, 0.5) is 5.69 Å². The molecule has 1 saturated heterocycles. The third-order valence-corrected chi connectivity index (χ3v) is 4.23. The fourth-order valence-electron chi connectivity index (χ4n) is 2.19. The second-order valence-electron chi connectivity index (χ2n) is 4.37. The molecule has 0 unspecified atom stereocenters. The number of nitrogens with zero attached hydrogens (tertiary/aromatic N) is 1. The van der Waals surface area contributed by atoms with Gasteiger partial charge in [0.15, 0.2) is 0 Å². The van der Waals surface area contributed by atoms with Crippen LogP contribution >= 0.6 is 27.5 Å². The van der Waals surface area contributed by atoms with Crippen molar-refractivity contribution < 1.29 is 4.74 Å². The predicted molar refractivity (Wildman–Crippen MR) is 75.9 cm³/mol. The van der Waals surface area contributed by atoms with Gasteiger partial charge in [0.1, 0.15) is 0 Å². The van der Waals surface area contributed by atoms with E-state index in [0.29, 0.717) is 11.9 Å². The van der Waals surface area contributed by atoms with Crippen molar-refractivity contribution in [3.63, 3.8) is 0 Å². The first-order valence-electron chi connectivity index (χ1n) is 5.87. The smallest absolute Gasteiger partial charge is 0.0510 e. The molecule has 2 rings (SSSR count). The first-order chi connectivity index (χ1) is 8.22. The van der Waals surface area contributed by atoms with Gasteiger partial charge in [-0.05, 0) is 46.5 Å². The number of halogens is 2. The minimum atomic E-state index is 0.555. The highest BCUT2D eigenvalue weighted by atomic mass is 79.9. The lowest BCUT2D eigenvalue weighted by Gasteiger charge is -2.33. The standard InChI is InChI=1S/C13H17BrClNO/c1-16(11-4-6-17-7-5-11)13-3-2-10(9-15)8-12(13)14/h2-3,8,11H,4-7,9H2,1H3. The Morgan fingerprint density at radius 2 is 2.12 bits per heavy atom. The van der Waals surface area contributed by atoms with Crippen molar-refractivity contribution in [2.45, 2.75) is 24.8 Å². The molecular weight excluding hydrogens is 302 g/mol. The van der Waals surface area contributed by atoms with Crippen LogP contribution in [0, 0.1) is 0 Å². The molecule has 1 heterocycles. The lowest BCUT2D eigenvalue weighted by Crippen LogP contribution is -2.36. The van der Waals surface area contributed by atoms with Gasteiger partial charge in [0.2, 0.25) is 0 Å². The summed E-state index contributed by atoms with van der Waals surface area (Å²) in [5.74, 6) is 0.555. The molecule has 0 atom stereocenters. The minimum absolute atomic E-state index is 0.555. The molecule has 1 aromatic carbocycles. The van der Waals surface area contributed by atoms with Crippen LogP contribution in [0.5, 0.6) is 0 Å². The molecule has 1 aliphatic heterocycles. The Morgan fingerprint density at radius 3 is 2.71 bits per heavy atom. The van der Waals surface area contributed by atoms with Crippen LogP contribution in [0.15, 0.2) is 22.7 Å². The maximum atomic E-state index is 5.83. The first kappa shape index (κ1) is 13.2. The van der Waals surface area contributed by atoms with Crippen LogP contribution in [-0.4, -0.2) is 26.3 Å². The lowest BCUT2D eigenvalue weighted by molar-refractivity contribution is 0.0854. The molecule has 1 aliphatic rings. The molecule has 0 amide bonds. The van der Waals surface area contributed by atoms with Crippen LogP contribution in [0.25, 0.3) is 0 Å². The molecule has 1 fully saturated rings. The summed E-state index contributed by atoms with van der Waals surface area (Å²) in [6.07, 6.45) is 2.19. The minimum Gasteiger partial charge on any atom is -0.381 e. The molecule has 0 bridgehead atoms. The van der Waals surface area contributed by atoms with E-state index >= 15 is 0 Å². The second-order valence-corrected chi connectivity index (χ2v) is 5.50. The van der Waals surface area contributed by atoms with Gasteiger partial charge in [-0.1, -0.05) is 6.07 Å². The number of ether oxygens (including phenoxy) is 1. The average molecular weight is 319 g/mol. The summed E-state index contributed by atoms with van der Waals surface area (Å²) in [6.45, 7) is 1.73. The second kappa shape index (κ2) is 6.07. The van der Waals surface area contributed by atoms with Gasteiger partial charge in [-0.25, -0.2) is 0 Å². The molecule has 0 aliphatic carbocycles. The Labute approximate surface area is 116 Å². The molecule has 94 valence electrons. The number of hydrogen-bond acceptors (Lipinski definition) is 2. The molecule has 0 saturated carbocycles. The summed E-state index contributed by atoms with van der Waals surface area (Å²) in [6, 6.07) is 6.89. The zero-order chi connectivity index (χ0) is 12.3. The SMILES string of the molecule is CN(c1ccc(CCl)cc1Br)C1CCOCC1. The fourth-order valence-corrected chi connectivity index (χ4v) is 3.06. The summed E-state index contributed by atoms with van der Waals surface area (Å²) >= 11 is 9.45. The van der Waals surface area contributed by atoms with E-state index in [1.807, 2.05) is 0 Å². The van der Waals surface area contributed by atoms with Gasteiger partial charge in [-0.2, -0.15) is 0 Å². The number of anilines is 1. The van der Waals surface area contributed by atoms with Crippen LogP contribution < -0.4 is 4.90 Å². The van der Waals surface area contributed by atoms with E-state index < -0.39 is 0 Å². The number of rotatable bonds is 3. The normalized spacial score (nSPS) is 17.1. The quantitative estimate of drug-likeness (QED) is 0.786. The first-order valence-corrected chi connectivity index (χ1v) is 7.20. The predicted octanol–water partition coefficient (Wildman–Crippen LogP) is 3.80. The Morgan fingerprint density at radius 1 is 1.41 bits per heavy atom. The number of benzene rings is 1. The van der Waals surface area contributed by atoms with E-state index in [4.69, 9.17) is 16.3 Å². The van der Waals surface area contributed by atoms with Crippen LogP contribution in [0.2, 0.25) is 0 Å². The van der Waals surface area contributed by atoms with E-state index in [9.17, 15) is 0 Å². The lowest BCUT2D eigenvalue weighted by atomic mass is 10.1.